The third-order valence-corrected chi connectivity index (χ3v) is 6.06. The molecule has 0 N–H and O–H groups in total. The Hall–Kier alpha value is -3.80. The number of rotatable bonds is 8. The van der Waals surface area contributed by atoms with E-state index in [1.54, 1.807) is 12.4 Å². The Morgan fingerprint density at radius 3 is 2.45 bits per heavy atom. The Morgan fingerprint density at radius 2 is 1.79 bits per heavy atom. The maximum atomic E-state index is 13.6. The molecule has 1 aliphatic rings. The number of carbonyl (C=O) groups excluding carboxylic acids is 1. The van der Waals surface area contributed by atoms with Gasteiger partial charge in [0.05, 0.1) is 0 Å². The largest absolute Gasteiger partial charge is 0.343 e. The van der Waals surface area contributed by atoms with Crippen molar-refractivity contribution in [2.24, 2.45) is 5.92 Å². The number of carbonyl (C=O) groups is 1. The summed E-state index contributed by atoms with van der Waals surface area (Å²) in [6, 6.07) is 15.9. The molecule has 3 aromatic heterocycles. The summed E-state index contributed by atoms with van der Waals surface area (Å²) in [5.74, 6) is 1.35. The van der Waals surface area contributed by atoms with E-state index in [2.05, 4.69) is 37.8 Å². The van der Waals surface area contributed by atoms with Gasteiger partial charge in [0, 0.05) is 67.3 Å². The summed E-state index contributed by atoms with van der Waals surface area (Å²) < 4.78 is 2.12. The van der Waals surface area contributed by atoms with Crippen LogP contribution in [0, 0.1) is 5.92 Å². The van der Waals surface area contributed by atoms with E-state index in [-0.39, 0.29) is 5.91 Å². The van der Waals surface area contributed by atoms with Crippen LogP contribution in [0.1, 0.15) is 35.8 Å². The smallest absolute Gasteiger partial charge is 0.270 e. The molecule has 0 unspecified atom stereocenters. The van der Waals surface area contributed by atoms with E-state index in [0.29, 0.717) is 24.8 Å². The Kier molecular flexibility index (Phi) is 5.98. The highest BCUT2D eigenvalue weighted by molar-refractivity contribution is 5.94. The average Bonchev–Trinajstić information content (AvgIpc) is 3.60. The molecule has 4 aromatic rings. The van der Waals surface area contributed by atoms with E-state index >= 15 is 0 Å². The fourth-order valence-electron chi connectivity index (χ4n) is 3.99. The van der Waals surface area contributed by atoms with Crippen LogP contribution in [0.4, 0.5) is 0 Å². The summed E-state index contributed by atoms with van der Waals surface area (Å²) in [4.78, 5) is 28.7. The van der Waals surface area contributed by atoms with E-state index in [0.717, 1.165) is 34.5 Å². The quantitative estimate of drug-likeness (QED) is 0.386. The third kappa shape index (κ3) is 4.85. The molecular weight excluding hydrogens is 410 g/mol. The number of pyridine rings is 1. The van der Waals surface area contributed by atoms with Crippen molar-refractivity contribution in [3.8, 4) is 22.5 Å². The highest BCUT2D eigenvalue weighted by Gasteiger charge is 2.26. The predicted octanol–water partition coefficient (Wildman–Crippen LogP) is 5.08. The van der Waals surface area contributed by atoms with E-state index in [9.17, 15) is 4.79 Å². The second-order valence-electron chi connectivity index (χ2n) is 8.55. The molecule has 1 aromatic carbocycles. The van der Waals surface area contributed by atoms with Gasteiger partial charge in [-0.05, 0) is 49.4 Å². The number of aromatic nitrogens is 4. The van der Waals surface area contributed by atoms with Gasteiger partial charge in [-0.1, -0.05) is 30.3 Å². The van der Waals surface area contributed by atoms with Gasteiger partial charge < -0.3 is 9.47 Å². The van der Waals surface area contributed by atoms with E-state index < -0.39 is 0 Å². The molecule has 0 atom stereocenters. The van der Waals surface area contributed by atoms with Crippen molar-refractivity contribution in [3.63, 3.8) is 0 Å². The molecule has 1 fully saturated rings. The monoisotopic (exact) mass is 437 g/mol. The fraction of sp³-hybridized carbons (Fsp3) is 0.259. The molecule has 1 amide bonds. The van der Waals surface area contributed by atoms with Crippen LogP contribution in [-0.4, -0.2) is 36.9 Å². The van der Waals surface area contributed by atoms with E-state index in [4.69, 9.17) is 0 Å². The molecule has 5 rings (SSSR count). The van der Waals surface area contributed by atoms with Gasteiger partial charge in [0.1, 0.15) is 5.69 Å². The first-order valence-electron chi connectivity index (χ1n) is 11.5. The summed E-state index contributed by atoms with van der Waals surface area (Å²) in [6.07, 6.45) is 11.7. The molecule has 33 heavy (non-hydrogen) atoms. The number of hydrogen-bond acceptors (Lipinski definition) is 4. The van der Waals surface area contributed by atoms with Gasteiger partial charge in [0.2, 0.25) is 0 Å². The van der Waals surface area contributed by atoms with E-state index in [1.807, 2.05) is 60.6 Å². The topological polar surface area (TPSA) is 63.9 Å². The zero-order chi connectivity index (χ0) is 22.6. The molecule has 0 radical (unpaired) electrons. The minimum Gasteiger partial charge on any atom is -0.343 e. The van der Waals surface area contributed by atoms with Crippen molar-refractivity contribution in [3.05, 3.63) is 90.8 Å². The van der Waals surface area contributed by atoms with Crippen molar-refractivity contribution < 1.29 is 4.79 Å². The second-order valence-corrected chi connectivity index (χ2v) is 8.55. The van der Waals surface area contributed by atoms with Crippen molar-refractivity contribution in [1.82, 2.24) is 24.4 Å². The molecule has 0 aliphatic heterocycles. The maximum absolute atomic E-state index is 13.6. The molecule has 1 saturated carbocycles. The zero-order valence-corrected chi connectivity index (χ0v) is 18.8. The van der Waals surface area contributed by atoms with Crippen LogP contribution >= 0.6 is 0 Å². The van der Waals surface area contributed by atoms with Crippen LogP contribution in [0.5, 0.6) is 0 Å². The van der Waals surface area contributed by atoms with Crippen LogP contribution < -0.4 is 0 Å². The normalized spacial score (nSPS) is 13.1. The number of benzene rings is 1. The van der Waals surface area contributed by atoms with Gasteiger partial charge in [-0.25, -0.2) is 9.97 Å². The molecule has 166 valence electrons. The lowest BCUT2D eigenvalue weighted by atomic mass is 10.1. The van der Waals surface area contributed by atoms with Gasteiger partial charge in [0.25, 0.3) is 5.91 Å². The van der Waals surface area contributed by atoms with Gasteiger partial charge in [0.15, 0.2) is 5.82 Å². The highest BCUT2D eigenvalue weighted by atomic mass is 16.2. The number of hydrogen-bond donors (Lipinski definition) is 0. The molecule has 3 heterocycles. The van der Waals surface area contributed by atoms with Crippen molar-refractivity contribution in [2.45, 2.75) is 32.9 Å². The Morgan fingerprint density at radius 1 is 1.00 bits per heavy atom. The zero-order valence-electron chi connectivity index (χ0n) is 18.8. The summed E-state index contributed by atoms with van der Waals surface area (Å²) >= 11 is 0. The first-order valence-corrected chi connectivity index (χ1v) is 11.5. The van der Waals surface area contributed by atoms with Crippen LogP contribution in [0.3, 0.4) is 0 Å². The van der Waals surface area contributed by atoms with Gasteiger partial charge in [-0.3, -0.25) is 9.78 Å². The summed E-state index contributed by atoms with van der Waals surface area (Å²) in [7, 11) is 0. The molecule has 0 saturated heterocycles. The minimum atomic E-state index is 0.0566. The lowest BCUT2D eigenvalue weighted by Crippen LogP contribution is -2.32. The summed E-state index contributed by atoms with van der Waals surface area (Å²) in [6.45, 7) is 4.16. The Labute approximate surface area is 194 Å². The summed E-state index contributed by atoms with van der Waals surface area (Å²) in [5, 5.41) is 0. The predicted molar refractivity (Wildman–Crippen MR) is 128 cm³/mol. The summed E-state index contributed by atoms with van der Waals surface area (Å²) in [5.41, 5.74) is 4.61. The van der Waals surface area contributed by atoms with Crippen molar-refractivity contribution >= 4 is 5.91 Å². The first kappa shape index (κ1) is 21.1. The van der Waals surface area contributed by atoms with Crippen LogP contribution in [0.15, 0.2) is 79.5 Å². The maximum Gasteiger partial charge on any atom is 0.270 e. The lowest BCUT2D eigenvalue weighted by Gasteiger charge is -2.22. The molecule has 0 bridgehead atoms. The van der Waals surface area contributed by atoms with Gasteiger partial charge in [-0.2, -0.15) is 0 Å². The van der Waals surface area contributed by atoms with Crippen LogP contribution in [0.25, 0.3) is 22.5 Å². The molecular formula is C27H27N5O. The minimum absolute atomic E-state index is 0.0566. The van der Waals surface area contributed by atoms with E-state index in [1.165, 1.54) is 12.8 Å². The molecule has 1 aliphatic carbocycles. The van der Waals surface area contributed by atoms with Crippen LogP contribution in [0.2, 0.25) is 0 Å². The standard InChI is InChI=1S/C27H27N5O/c1-2-31(17-20-7-4-3-5-8-20)27(33)25-13-23(19-32(25)18-21-10-11-21)24-15-29-26(30-16-24)22-9-6-12-28-14-22/h3-9,12-16,19,21H,2,10-11,17-18H2,1H3. The average molecular weight is 438 g/mol. The fourth-order valence-corrected chi connectivity index (χ4v) is 3.99. The molecule has 0 spiro atoms. The van der Waals surface area contributed by atoms with Gasteiger partial charge in [-0.15, -0.1) is 0 Å². The lowest BCUT2D eigenvalue weighted by molar-refractivity contribution is 0.0741. The third-order valence-electron chi connectivity index (χ3n) is 6.06. The van der Waals surface area contributed by atoms with Crippen molar-refractivity contribution in [2.75, 3.05) is 6.54 Å². The highest BCUT2D eigenvalue weighted by Crippen LogP contribution is 2.33. The Bertz CT molecular complexity index is 1210. The van der Waals surface area contributed by atoms with Crippen molar-refractivity contribution in [1.29, 1.82) is 0 Å². The van der Waals surface area contributed by atoms with Gasteiger partial charge >= 0.3 is 0 Å². The molecule has 6 heteroatoms. The molecule has 6 nitrogen and oxygen atoms in total. The number of amides is 1. The second kappa shape index (κ2) is 9.36. The van der Waals surface area contributed by atoms with Crippen LogP contribution in [-0.2, 0) is 13.1 Å². The number of nitrogens with zero attached hydrogens (tertiary/aromatic N) is 5. The Balaban J connectivity index is 1.43. The SMILES string of the molecule is CCN(Cc1ccccc1)C(=O)c1cc(-c2cnc(-c3cccnc3)nc2)cn1CC1CC1. The first-order chi connectivity index (χ1) is 16.2.